The summed E-state index contributed by atoms with van der Waals surface area (Å²) in [6.45, 7) is 1.80. The number of Topliss-reactive ketones (excluding diaryl/α,β-unsaturated/α-hetero) is 1. The molecule has 0 saturated carbocycles. The summed E-state index contributed by atoms with van der Waals surface area (Å²) in [5, 5.41) is 0. The molecule has 6 heteroatoms. The maximum Gasteiger partial charge on any atom is 0.336 e. The van der Waals surface area contributed by atoms with E-state index in [4.69, 9.17) is 18.9 Å². The van der Waals surface area contributed by atoms with Crippen molar-refractivity contribution in [3.05, 3.63) is 53.6 Å². The first kappa shape index (κ1) is 20.0. The molecule has 0 radical (unpaired) electrons. The highest BCUT2D eigenvalue weighted by Gasteiger charge is 2.12. The molecule has 0 aliphatic carbocycles. The molecule has 2 aromatic carbocycles. The van der Waals surface area contributed by atoms with Crippen molar-refractivity contribution in [3.63, 3.8) is 0 Å². The monoisotopic (exact) mass is 370 g/mol. The SMILES string of the molecule is CCC(=O)c1ccc(OC(=O)/C=C/c2cc(OC)c(OC)c(OC)c2)cc1. The molecule has 2 rings (SSSR count). The van der Waals surface area contributed by atoms with Crippen LogP contribution in [0.2, 0.25) is 0 Å². The standard InChI is InChI=1S/C21H22O6/c1-5-17(22)15-7-9-16(10-8-15)27-20(23)11-6-14-12-18(24-2)21(26-4)19(13-14)25-3/h6-13H,5H2,1-4H3/b11-6+. The molecule has 0 aliphatic heterocycles. The van der Waals surface area contributed by atoms with E-state index >= 15 is 0 Å². The van der Waals surface area contributed by atoms with Crippen LogP contribution in [0.25, 0.3) is 6.08 Å². The van der Waals surface area contributed by atoms with Gasteiger partial charge in [-0.1, -0.05) is 6.92 Å². The van der Waals surface area contributed by atoms with Crippen molar-refractivity contribution in [1.29, 1.82) is 0 Å². The predicted molar refractivity (Wildman–Crippen MR) is 102 cm³/mol. The van der Waals surface area contributed by atoms with Gasteiger partial charge in [-0.25, -0.2) is 4.79 Å². The summed E-state index contributed by atoms with van der Waals surface area (Å²) in [5.74, 6) is 1.30. The van der Waals surface area contributed by atoms with Crippen molar-refractivity contribution < 1.29 is 28.5 Å². The van der Waals surface area contributed by atoms with E-state index in [2.05, 4.69) is 0 Å². The van der Waals surface area contributed by atoms with Gasteiger partial charge in [0.25, 0.3) is 0 Å². The lowest BCUT2D eigenvalue weighted by molar-refractivity contribution is -0.128. The second-order valence-corrected chi connectivity index (χ2v) is 5.51. The van der Waals surface area contributed by atoms with E-state index in [1.54, 1.807) is 49.4 Å². The lowest BCUT2D eigenvalue weighted by Crippen LogP contribution is -2.04. The van der Waals surface area contributed by atoms with Gasteiger partial charge in [-0.15, -0.1) is 0 Å². The first-order chi connectivity index (χ1) is 13.0. The van der Waals surface area contributed by atoms with E-state index < -0.39 is 5.97 Å². The van der Waals surface area contributed by atoms with Crippen molar-refractivity contribution >= 4 is 17.8 Å². The summed E-state index contributed by atoms with van der Waals surface area (Å²) < 4.78 is 21.1. The maximum atomic E-state index is 12.0. The van der Waals surface area contributed by atoms with Crippen LogP contribution in [0.4, 0.5) is 0 Å². The third-order valence-corrected chi connectivity index (χ3v) is 3.81. The second kappa shape index (κ2) is 9.43. The van der Waals surface area contributed by atoms with Crippen LogP contribution in [-0.4, -0.2) is 33.1 Å². The summed E-state index contributed by atoms with van der Waals surface area (Å²) >= 11 is 0. The Morgan fingerprint density at radius 3 is 2.00 bits per heavy atom. The minimum atomic E-state index is -0.543. The molecule has 2 aromatic rings. The van der Waals surface area contributed by atoms with Crippen LogP contribution in [0.3, 0.4) is 0 Å². The molecule has 27 heavy (non-hydrogen) atoms. The number of rotatable bonds is 8. The molecule has 0 bridgehead atoms. The molecule has 0 saturated heterocycles. The zero-order chi connectivity index (χ0) is 19.8. The Morgan fingerprint density at radius 1 is 0.926 bits per heavy atom. The smallest absolute Gasteiger partial charge is 0.336 e. The van der Waals surface area contributed by atoms with Gasteiger partial charge in [-0.05, 0) is 48.0 Å². The molecule has 0 unspecified atom stereocenters. The van der Waals surface area contributed by atoms with Crippen LogP contribution in [-0.2, 0) is 4.79 Å². The Bertz CT molecular complexity index is 811. The number of hydrogen-bond donors (Lipinski definition) is 0. The van der Waals surface area contributed by atoms with E-state index in [1.807, 2.05) is 0 Å². The predicted octanol–water partition coefficient (Wildman–Crippen LogP) is 3.92. The van der Waals surface area contributed by atoms with Gasteiger partial charge in [0, 0.05) is 18.1 Å². The van der Waals surface area contributed by atoms with Gasteiger partial charge >= 0.3 is 5.97 Å². The van der Waals surface area contributed by atoms with Crippen molar-refractivity contribution in [2.24, 2.45) is 0 Å². The molecular weight excluding hydrogens is 348 g/mol. The minimum Gasteiger partial charge on any atom is -0.493 e. The molecule has 0 fully saturated rings. The summed E-state index contributed by atoms with van der Waals surface area (Å²) in [6.07, 6.45) is 3.31. The lowest BCUT2D eigenvalue weighted by Gasteiger charge is -2.12. The van der Waals surface area contributed by atoms with Crippen molar-refractivity contribution in [1.82, 2.24) is 0 Å². The third-order valence-electron chi connectivity index (χ3n) is 3.81. The van der Waals surface area contributed by atoms with E-state index in [1.165, 1.54) is 27.4 Å². The van der Waals surface area contributed by atoms with E-state index in [-0.39, 0.29) is 5.78 Å². The average Bonchev–Trinajstić information content (AvgIpc) is 2.71. The van der Waals surface area contributed by atoms with Crippen LogP contribution >= 0.6 is 0 Å². The number of ketones is 1. The lowest BCUT2D eigenvalue weighted by atomic mass is 10.1. The van der Waals surface area contributed by atoms with E-state index in [0.29, 0.717) is 40.5 Å². The van der Waals surface area contributed by atoms with Gasteiger partial charge in [-0.3, -0.25) is 4.79 Å². The summed E-state index contributed by atoms with van der Waals surface area (Å²) in [6, 6.07) is 9.89. The molecule has 142 valence electrons. The largest absolute Gasteiger partial charge is 0.493 e. The molecule has 0 aromatic heterocycles. The number of ether oxygens (including phenoxy) is 4. The number of carbonyl (C=O) groups excluding carboxylic acids is 2. The average molecular weight is 370 g/mol. The van der Waals surface area contributed by atoms with E-state index in [0.717, 1.165) is 0 Å². The second-order valence-electron chi connectivity index (χ2n) is 5.51. The van der Waals surface area contributed by atoms with Crippen molar-refractivity contribution in [3.8, 4) is 23.0 Å². The first-order valence-corrected chi connectivity index (χ1v) is 8.35. The zero-order valence-electron chi connectivity index (χ0n) is 15.8. The molecule has 0 heterocycles. The van der Waals surface area contributed by atoms with Crippen LogP contribution in [0.1, 0.15) is 29.3 Å². The molecule has 0 aliphatic rings. The highest BCUT2D eigenvalue weighted by molar-refractivity contribution is 5.96. The van der Waals surface area contributed by atoms with Crippen molar-refractivity contribution in [2.45, 2.75) is 13.3 Å². The fourth-order valence-electron chi connectivity index (χ4n) is 2.43. The molecule has 0 N–H and O–H groups in total. The summed E-state index contributed by atoms with van der Waals surface area (Å²) in [5.41, 5.74) is 1.27. The van der Waals surface area contributed by atoms with Crippen LogP contribution in [0.5, 0.6) is 23.0 Å². The fraction of sp³-hybridized carbons (Fsp3) is 0.238. The number of benzene rings is 2. The maximum absolute atomic E-state index is 12.0. The minimum absolute atomic E-state index is 0.0372. The van der Waals surface area contributed by atoms with Crippen LogP contribution in [0, 0.1) is 0 Å². The highest BCUT2D eigenvalue weighted by atomic mass is 16.5. The Morgan fingerprint density at radius 2 is 1.52 bits per heavy atom. The number of methoxy groups -OCH3 is 3. The quantitative estimate of drug-likeness (QED) is 0.304. The van der Waals surface area contributed by atoms with Gasteiger partial charge < -0.3 is 18.9 Å². The van der Waals surface area contributed by atoms with Gasteiger partial charge in [0.15, 0.2) is 17.3 Å². The van der Waals surface area contributed by atoms with Gasteiger partial charge in [0.1, 0.15) is 5.75 Å². The normalized spacial score (nSPS) is 10.5. The Balaban J connectivity index is 2.11. The van der Waals surface area contributed by atoms with Crippen LogP contribution < -0.4 is 18.9 Å². The fourth-order valence-corrected chi connectivity index (χ4v) is 2.43. The van der Waals surface area contributed by atoms with Gasteiger partial charge in [-0.2, -0.15) is 0 Å². The number of hydrogen-bond acceptors (Lipinski definition) is 6. The summed E-state index contributed by atoms with van der Waals surface area (Å²) in [7, 11) is 4.56. The van der Waals surface area contributed by atoms with Crippen molar-refractivity contribution in [2.75, 3.05) is 21.3 Å². The Labute approximate surface area is 158 Å². The van der Waals surface area contributed by atoms with E-state index in [9.17, 15) is 9.59 Å². The molecule has 0 amide bonds. The number of esters is 1. The molecule has 6 nitrogen and oxygen atoms in total. The molecular formula is C21H22O6. The third kappa shape index (κ3) is 5.10. The molecule has 0 atom stereocenters. The first-order valence-electron chi connectivity index (χ1n) is 8.35. The Hall–Kier alpha value is -3.28. The van der Waals surface area contributed by atoms with Crippen LogP contribution in [0.15, 0.2) is 42.5 Å². The topological polar surface area (TPSA) is 71.1 Å². The summed E-state index contributed by atoms with van der Waals surface area (Å²) in [4.78, 5) is 23.6. The van der Waals surface area contributed by atoms with Gasteiger partial charge in [0.2, 0.25) is 5.75 Å². The number of carbonyl (C=O) groups is 2. The highest BCUT2D eigenvalue weighted by Crippen LogP contribution is 2.38. The Kier molecular flexibility index (Phi) is 7.00. The van der Waals surface area contributed by atoms with Gasteiger partial charge in [0.05, 0.1) is 21.3 Å². The molecule has 0 spiro atoms. The zero-order valence-corrected chi connectivity index (χ0v) is 15.8.